The summed E-state index contributed by atoms with van der Waals surface area (Å²) in [6, 6.07) is 18.2. The number of amides is 1. The molecule has 0 aliphatic carbocycles. The second kappa shape index (κ2) is 8.10. The average Bonchev–Trinajstić information content (AvgIpc) is 2.78. The number of para-hydroxylation sites is 1. The molecule has 0 fully saturated rings. The number of aromatic nitrogens is 2. The van der Waals surface area contributed by atoms with E-state index in [1.165, 1.54) is 12.7 Å². The molecule has 7 nitrogen and oxygen atoms in total. The van der Waals surface area contributed by atoms with Crippen molar-refractivity contribution in [3.05, 3.63) is 77.5 Å². The lowest BCUT2D eigenvalue weighted by Gasteiger charge is -2.29. The van der Waals surface area contributed by atoms with E-state index in [9.17, 15) is 9.59 Å². The Balaban J connectivity index is 1.50. The lowest BCUT2D eigenvalue weighted by molar-refractivity contribution is 0.0600. The predicted octanol–water partition coefficient (Wildman–Crippen LogP) is 3.60. The highest BCUT2D eigenvalue weighted by Gasteiger charge is 2.24. The number of nitrogens with one attached hydrogen (secondary N) is 1. The molecule has 7 heteroatoms. The Hall–Kier alpha value is -3.74. The van der Waals surface area contributed by atoms with Gasteiger partial charge in [0.25, 0.3) is 5.91 Å². The number of nitrogens with zero attached hydrogens (tertiary/aromatic N) is 3. The number of anilines is 3. The van der Waals surface area contributed by atoms with Crippen molar-refractivity contribution in [1.29, 1.82) is 0 Å². The fourth-order valence-electron chi connectivity index (χ4n) is 3.39. The monoisotopic (exact) mass is 388 g/mol. The van der Waals surface area contributed by atoms with Crippen LogP contribution in [0.15, 0.2) is 60.7 Å². The molecule has 1 N–H and O–H groups in total. The molecular weight excluding hydrogens is 368 g/mol. The van der Waals surface area contributed by atoms with Crippen LogP contribution in [0.5, 0.6) is 0 Å². The van der Waals surface area contributed by atoms with E-state index < -0.39 is 5.97 Å². The van der Waals surface area contributed by atoms with Gasteiger partial charge in [-0.1, -0.05) is 24.3 Å². The van der Waals surface area contributed by atoms with Crippen LogP contribution in [0.4, 0.5) is 17.2 Å². The number of carbonyl (C=O) groups is 2. The van der Waals surface area contributed by atoms with Gasteiger partial charge in [-0.25, -0.2) is 4.79 Å². The predicted molar refractivity (Wildman–Crippen MR) is 110 cm³/mol. The SMILES string of the molecule is COC(=O)c1cccc(Nc2ccc(C(=O)N3CCCc4ccccc43)nn2)c1. The molecule has 3 aromatic rings. The molecule has 2 aromatic carbocycles. The Morgan fingerprint density at radius 3 is 2.69 bits per heavy atom. The summed E-state index contributed by atoms with van der Waals surface area (Å²) in [7, 11) is 1.34. The number of ether oxygens (including phenoxy) is 1. The fourth-order valence-corrected chi connectivity index (χ4v) is 3.39. The van der Waals surface area contributed by atoms with Gasteiger partial charge in [-0.3, -0.25) is 4.79 Å². The van der Waals surface area contributed by atoms with Crippen LogP contribution in [-0.4, -0.2) is 35.7 Å². The van der Waals surface area contributed by atoms with Crippen LogP contribution >= 0.6 is 0 Å². The van der Waals surface area contributed by atoms with Gasteiger partial charge in [-0.15, -0.1) is 10.2 Å². The zero-order valence-electron chi connectivity index (χ0n) is 16.0. The third-order valence-corrected chi connectivity index (χ3v) is 4.80. The van der Waals surface area contributed by atoms with Crippen molar-refractivity contribution in [1.82, 2.24) is 10.2 Å². The van der Waals surface area contributed by atoms with Gasteiger partial charge in [0.1, 0.15) is 0 Å². The van der Waals surface area contributed by atoms with Crippen LogP contribution in [0.1, 0.15) is 32.8 Å². The van der Waals surface area contributed by atoms with Crippen molar-refractivity contribution in [2.24, 2.45) is 0 Å². The number of rotatable bonds is 4. The number of esters is 1. The van der Waals surface area contributed by atoms with E-state index in [4.69, 9.17) is 4.74 Å². The molecule has 0 saturated heterocycles. The fraction of sp³-hybridized carbons (Fsp3) is 0.182. The lowest BCUT2D eigenvalue weighted by Crippen LogP contribution is -2.36. The summed E-state index contributed by atoms with van der Waals surface area (Å²) in [5.41, 5.74) is 3.50. The number of fused-ring (bicyclic) bond motifs is 1. The number of hydrogen-bond donors (Lipinski definition) is 1. The molecule has 0 atom stereocenters. The molecule has 0 saturated carbocycles. The van der Waals surface area contributed by atoms with E-state index in [1.54, 1.807) is 41.3 Å². The maximum atomic E-state index is 12.9. The number of hydrogen-bond acceptors (Lipinski definition) is 6. The number of aryl methyl sites for hydroxylation is 1. The van der Waals surface area contributed by atoms with Gasteiger partial charge in [0.2, 0.25) is 0 Å². The van der Waals surface area contributed by atoms with Crippen LogP contribution in [-0.2, 0) is 11.2 Å². The Bertz CT molecular complexity index is 1050. The molecule has 29 heavy (non-hydrogen) atoms. The Morgan fingerprint density at radius 1 is 1.03 bits per heavy atom. The van der Waals surface area contributed by atoms with Crippen LogP contribution in [0, 0.1) is 0 Å². The average molecular weight is 388 g/mol. The van der Waals surface area contributed by atoms with Gasteiger partial charge in [-0.05, 0) is 54.8 Å². The highest BCUT2D eigenvalue weighted by molar-refractivity contribution is 6.05. The number of benzene rings is 2. The van der Waals surface area contributed by atoms with Gasteiger partial charge in [0.05, 0.1) is 12.7 Å². The molecule has 1 aliphatic heterocycles. The summed E-state index contributed by atoms with van der Waals surface area (Å²) in [6.07, 6.45) is 1.89. The zero-order chi connectivity index (χ0) is 20.2. The second-order valence-electron chi connectivity index (χ2n) is 6.69. The van der Waals surface area contributed by atoms with Crippen molar-refractivity contribution < 1.29 is 14.3 Å². The Morgan fingerprint density at radius 2 is 1.90 bits per heavy atom. The normalized spacial score (nSPS) is 12.8. The van der Waals surface area contributed by atoms with Crippen molar-refractivity contribution in [3.8, 4) is 0 Å². The van der Waals surface area contributed by atoms with Crippen LogP contribution < -0.4 is 10.2 Å². The maximum absolute atomic E-state index is 12.9. The third kappa shape index (κ3) is 3.94. The molecule has 0 unspecified atom stereocenters. The topological polar surface area (TPSA) is 84.4 Å². The second-order valence-corrected chi connectivity index (χ2v) is 6.69. The number of methoxy groups -OCH3 is 1. The highest BCUT2D eigenvalue weighted by Crippen LogP contribution is 2.28. The lowest BCUT2D eigenvalue weighted by atomic mass is 10.0. The first kappa shape index (κ1) is 18.6. The standard InChI is InChI=1S/C22H20N4O3/c1-29-22(28)16-7-4-9-17(14-16)23-20-12-11-18(24-25-20)21(27)26-13-5-8-15-6-2-3-10-19(15)26/h2-4,6-7,9-12,14H,5,8,13H2,1H3,(H,23,25). The first-order valence-electron chi connectivity index (χ1n) is 9.34. The van der Waals surface area contributed by atoms with E-state index in [2.05, 4.69) is 21.6 Å². The maximum Gasteiger partial charge on any atom is 0.337 e. The van der Waals surface area contributed by atoms with Crippen LogP contribution in [0.3, 0.4) is 0 Å². The molecule has 2 heterocycles. The smallest absolute Gasteiger partial charge is 0.337 e. The first-order chi connectivity index (χ1) is 14.2. The summed E-state index contributed by atoms with van der Waals surface area (Å²) in [6.45, 7) is 0.665. The first-order valence-corrected chi connectivity index (χ1v) is 9.34. The minimum absolute atomic E-state index is 0.163. The summed E-state index contributed by atoms with van der Waals surface area (Å²) in [4.78, 5) is 26.4. The van der Waals surface area contributed by atoms with Crippen molar-refractivity contribution in [3.63, 3.8) is 0 Å². The molecular formula is C22H20N4O3. The van der Waals surface area contributed by atoms with Gasteiger partial charge in [0.15, 0.2) is 11.5 Å². The van der Waals surface area contributed by atoms with Gasteiger partial charge in [0, 0.05) is 17.9 Å². The van der Waals surface area contributed by atoms with Crippen molar-refractivity contribution in [2.75, 3.05) is 23.9 Å². The van der Waals surface area contributed by atoms with Gasteiger partial charge in [-0.2, -0.15) is 0 Å². The summed E-state index contributed by atoms with van der Waals surface area (Å²) in [5, 5.41) is 11.3. The van der Waals surface area contributed by atoms with E-state index >= 15 is 0 Å². The van der Waals surface area contributed by atoms with Gasteiger partial charge < -0.3 is 15.0 Å². The van der Waals surface area contributed by atoms with Crippen LogP contribution in [0.25, 0.3) is 0 Å². The molecule has 1 amide bonds. The van der Waals surface area contributed by atoms with Gasteiger partial charge >= 0.3 is 5.97 Å². The largest absolute Gasteiger partial charge is 0.465 e. The summed E-state index contributed by atoms with van der Waals surface area (Å²) >= 11 is 0. The molecule has 0 bridgehead atoms. The number of carbonyl (C=O) groups excluding carboxylic acids is 2. The molecule has 4 rings (SSSR count). The minimum atomic E-state index is -0.414. The molecule has 1 aromatic heterocycles. The zero-order valence-corrected chi connectivity index (χ0v) is 16.0. The third-order valence-electron chi connectivity index (χ3n) is 4.80. The highest BCUT2D eigenvalue weighted by atomic mass is 16.5. The van der Waals surface area contributed by atoms with E-state index in [0.717, 1.165) is 18.5 Å². The molecule has 146 valence electrons. The molecule has 0 spiro atoms. The summed E-state index contributed by atoms with van der Waals surface area (Å²) < 4.78 is 4.73. The minimum Gasteiger partial charge on any atom is -0.465 e. The quantitative estimate of drug-likeness (QED) is 0.688. The van der Waals surface area contributed by atoms with E-state index in [1.807, 2.05) is 18.2 Å². The Labute approximate surface area is 168 Å². The molecule has 0 radical (unpaired) electrons. The molecule has 1 aliphatic rings. The Kier molecular flexibility index (Phi) is 5.20. The van der Waals surface area contributed by atoms with Crippen molar-refractivity contribution >= 4 is 29.1 Å². The van der Waals surface area contributed by atoms with Crippen molar-refractivity contribution in [2.45, 2.75) is 12.8 Å². The van der Waals surface area contributed by atoms with Crippen LogP contribution in [0.2, 0.25) is 0 Å². The van der Waals surface area contributed by atoms with E-state index in [0.29, 0.717) is 23.6 Å². The summed E-state index contributed by atoms with van der Waals surface area (Å²) in [5.74, 6) is -0.103. The van der Waals surface area contributed by atoms with E-state index in [-0.39, 0.29) is 11.6 Å².